The Kier molecular flexibility index (Phi) is 7.09. The Bertz CT molecular complexity index is 944. The molecule has 0 saturated carbocycles. The highest BCUT2D eigenvalue weighted by Crippen LogP contribution is 2.34. The van der Waals surface area contributed by atoms with Gasteiger partial charge in [0.05, 0.1) is 0 Å². The fourth-order valence-electron chi connectivity index (χ4n) is 3.45. The average molecular weight is 432 g/mol. The summed E-state index contributed by atoms with van der Waals surface area (Å²) in [5.41, 5.74) is 0.0769. The molecule has 1 N–H and O–H groups in total. The molecule has 0 aromatic heterocycles. The van der Waals surface area contributed by atoms with E-state index in [-0.39, 0.29) is 18.4 Å². The SMILES string of the molecule is CCN(Cc1cccc2c1OCCO2)C(=O)[C@@H](NC(=O)c1c(F)cccc1F)C(C)C. The number of nitrogens with zero attached hydrogens (tertiary/aromatic N) is 1. The monoisotopic (exact) mass is 432 g/mol. The third kappa shape index (κ3) is 4.95. The number of benzene rings is 2. The molecule has 2 amide bonds. The van der Waals surface area contributed by atoms with Crippen LogP contribution in [0.4, 0.5) is 8.78 Å². The number of rotatable bonds is 7. The zero-order chi connectivity index (χ0) is 22.5. The molecular formula is C23H26F2N2O4. The van der Waals surface area contributed by atoms with Crippen LogP contribution in [0.2, 0.25) is 0 Å². The smallest absolute Gasteiger partial charge is 0.257 e. The van der Waals surface area contributed by atoms with Crippen molar-refractivity contribution in [2.24, 2.45) is 5.92 Å². The second kappa shape index (κ2) is 9.76. The van der Waals surface area contributed by atoms with Crippen LogP contribution < -0.4 is 14.8 Å². The minimum Gasteiger partial charge on any atom is -0.486 e. The molecule has 0 aliphatic carbocycles. The van der Waals surface area contributed by atoms with Gasteiger partial charge >= 0.3 is 0 Å². The fraction of sp³-hybridized carbons (Fsp3) is 0.391. The molecule has 0 bridgehead atoms. The van der Waals surface area contributed by atoms with Gasteiger partial charge in [-0.25, -0.2) is 8.78 Å². The normalized spacial score (nSPS) is 13.6. The predicted molar refractivity (Wildman–Crippen MR) is 111 cm³/mol. The number of carbonyl (C=O) groups excluding carboxylic acids is 2. The van der Waals surface area contributed by atoms with Crippen molar-refractivity contribution >= 4 is 11.8 Å². The quantitative estimate of drug-likeness (QED) is 0.727. The molecule has 0 fully saturated rings. The summed E-state index contributed by atoms with van der Waals surface area (Å²) in [7, 11) is 0. The molecule has 3 rings (SSSR count). The van der Waals surface area contributed by atoms with Gasteiger partial charge in [0.25, 0.3) is 5.91 Å². The average Bonchev–Trinajstić information content (AvgIpc) is 2.75. The molecule has 1 aliphatic heterocycles. The zero-order valence-corrected chi connectivity index (χ0v) is 17.8. The molecule has 0 radical (unpaired) electrons. The van der Waals surface area contributed by atoms with E-state index in [2.05, 4.69) is 5.32 Å². The van der Waals surface area contributed by atoms with Crippen molar-refractivity contribution in [3.8, 4) is 11.5 Å². The van der Waals surface area contributed by atoms with Gasteiger partial charge in [0, 0.05) is 18.7 Å². The van der Waals surface area contributed by atoms with Gasteiger partial charge in [0.2, 0.25) is 5.91 Å². The lowest BCUT2D eigenvalue weighted by atomic mass is 10.0. The van der Waals surface area contributed by atoms with Crippen molar-refractivity contribution in [2.45, 2.75) is 33.4 Å². The molecule has 2 aromatic carbocycles. The van der Waals surface area contributed by atoms with Crippen molar-refractivity contribution in [1.29, 1.82) is 0 Å². The van der Waals surface area contributed by atoms with Gasteiger partial charge in [-0.15, -0.1) is 0 Å². The number of ether oxygens (including phenoxy) is 2. The number of para-hydroxylation sites is 1. The lowest BCUT2D eigenvalue weighted by molar-refractivity contribution is -0.134. The summed E-state index contributed by atoms with van der Waals surface area (Å²) in [5, 5.41) is 2.51. The molecule has 2 aromatic rings. The highest BCUT2D eigenvalue weighted by Gasteiger charge is 2.31. The van der Waals surface area contributed by atoms with E-state index < -0.39 is 29.1 Å². The lowest BCUT2D eigenvalue weighted by Crippen LogP contribution is -2.51. The highest BCUT2D eigenvalue weighted by atomic mass is 19.1. The number of hydrogen-bond acceptors (Lipinski definition) is 4. The number of fused-ring (bicyclic) bond motifs is 1. The first-order chi connectivity index (χ1) is 14.8. The van der Waals surface area contributed by atoms with Gasteiger partial charge in [-0.2, -0.15) is 0 Å². The van der Waals surface area contributed by atoms with E-state index in [1.165, 1.54) is 6.07 Å². The standard InChI is InChI=1S/C23H26F2N2O4/c1-4-27(13-15-7-5-10-18-21(15)31-12-11-30-18)23(29)20(14(2)3)26-22(28)19-16(24)8-6-9-17(19)25/h5-10,14,20H,4,11-13H2,1-3H3,(H,26,28)/t20-/m0/s1. The van der Waals surface area contributed by atoms with E-state index in [0.717, 1.165) is 17.7 Å². The molecule has 0 spiro atoms. The van der Waals surface area contributed by atoms with Crippen molar-refractivity contribution in [2.75, 3.05) is 19.8 Å². The minimum atomic E-state index is -0.979. The predicted octanol–water partition coefficient (Wildman–Crippen LogP) is 3.54. The van der Waals surface area contributed by atoms with Crippen LogP contribution in [0, 0.1) is 17.6 Å². The first-order valence-corrected chi connectivity index (χ1v) is 10.2. The summed E-state index contributed by atoms with van der Waals surface area (Å²) in [4.78, 5) is 27.4. The number of hydrogen-bond donors (Lipinski definition) is 1. The van der Waals surface area contributed by atoms with Crippen LogP contribution >= 0.6 is 0 Å². The first-order valence-electron chi connectivity index (χ1n) is 10.2. The van der Waals surface area contributed by atoms with Crippen LogP contribution in [0.1, 0.15) is 36.7 Å². The highest BCUT2D eigenvalue weighted by molar-refractivity contribution is 5.98. The lowest BCUT2D eigenvalue weighted by Gasteiger charge is -2.30. The van der Waals surface area contributed by atoms with Gasteiger partial charge in [-0.3, -0.25) is 9.59 Å². The van der Waals surface area contributed by atoms with Crippen LogP contribution in [0.3, 0.4) is 0 Å². The van der Waals surface area contributed by atoms with E-state index in [4.69, 9.17) is 9.47 Å². The molecule has 1 aliphatic rings. The molecular weight excluding hydrogens is 406 g/mol. The van der Waals surface area contributed by atoms with Crippen LogP contribution in [0.25, 0.3) is 0 Å². The van der Waals surface area contributed by atoms with Crippen molar-refractivity contribution in [1.82, 2.24) is 10.2 Å². The van der Waals surface area contributed by atoms with Crippen LogP contribution in [0.5, 0.6) is 11.5 Å². The Morgan fingerprint density at radius 2 is 1.71 bits per heavy atom. The van der Waals surface area contributed by atoms with Gasteiger partial charge in [0.1, 0.15) is 36.5 Å². The Morgan fingerprint density at radius 3 is 2.35 bits per heavy atom. The Labute approximate surface area is 180 Å². The summed E-state index contributed by atoms with van der Waals surface area (Å²) < 4.78 is 39.3. The third-order valence-electron chi connectivity index (χ3n) is 5.11. The number of nitrogens with one attached hydrogen (secondary N) is 1. The van der Waals surface area contributed by atoms with Crippen LogP contribution in [-0.2, 0) is 11.3 Å². The number of carbonyl (C=O) groups is 2. The fourth-order valence-corrected chi connectivity index (χ4v) is 3.45. The molecule has 166 valence electrons. The summed E-state index contributed by atoms with van der Waals surface area (Å²) in [5.74, 6) is -2.36. The van der Waals surface area contributed by atoms with Gasteiger partial charge < -0.3 is 19.7 Å². The molecule has 8 heteroatoms. The van der Waals surface area contributed by atoms with Gasteiger partial charge in [-0.05, 0) is 31.0 Å². The van der Waals surface area contributed by atoms with Crippen molar-refractivity contribution in [3.63, 3.8) is 0 Å². The van der Waals surface area contributed by atoms with E-state index in [0.29, 0.717) is 31.3 Å². The maximum Gasteiger partial charge on any atom is 0.257 e. The maximum absolute atomic E-state index is 14.0. The van der Waals surface area contributed by atoms with E-state index in [1.807, 2.05) is 19.1 Å². The second-order valence-electron chi connectivity index (χ2n) is 7.59. The summed E-state index contributed by atoms with van der Waals surface area (Å²) in [6.07, 6.45) is 0. The molecule has 0 unspecified atom stereocenters. The molecule has 1 heterocycles. The van der Waals surface area contributed by atoms with Gasteiger partial charge in [-0.1, -0.05) is 32.0 Å². The third-order valence-corrected chi connectivity index (χ3v) is 5.11. The molecule has 0 saturated heterocycles. The Hall–Kier alpha value is -3.16. The second-order valence-corrected chi connectivity index (χ2v) is 7.59. The Balaban J connectivity index is 1.81. The minimum absolute atomic E-state index is 0.245. The zero-order valence-electron chi connectivity index (χ0n) is 17.8. The number of halogens is 2. The number of amides is 2. The Morgan fingerprint density at radius 1 is 1.06 bits per heavy atom. The summed E-state index contributed by atoms with van der Waals surface area (Å²) >= 11 is 0. The van der Waals surface area contributed by atoms with E-state index in [1.54, 1.807) is 24.8 Å². The first kappa shape index (κ1) is 22.5. The van der Waals surface area contributed by atoms with Crippen LogP contribution in [0.15, 0.2) is 36.4 Å². The summed E-state index contributed by atoms with van der Waals surface area (Å²) in [6, 6.07) is 7.70. The van der Waals surface area contributed by atoms with E-state index >= 15 is 0 Å². The maximum atomic E-state index is 14.0. The van der Waals surface area contributed by atoms with Crippen molar-refractivity contribution in [3.05, 3.63) is 59.2 Å². The summed E-state index contributed by atoms with van der Waals surface area (Å²) in [6.45, 7) is 6.83. The van der Waals surface area contributed by atoms with E-state index in [9.17, 15) is 18.4 Å². The molecule has 1 atom stereocenters. The number of likely N-dealkylation sites (N-methyl/N-ethyl adjacent to an activating group) is 1. The van der Waals surface area contributed by atoms with Gasteiger partial charge in [0.15, 0.2) is 11.5 Å². The van der Waals surface area contributed by atoms with Crippen molar-refractivity contribution < 1.29 is 27.8 Å². The largest absolute Gasteiger partial charge is 0.486 e. The van der Waals surface area contributed by atoms with Crippen LogP contribution in [-0.4, -0.2) is 42.5 Å². The molecule has 6 nitrogen and oxygen atoms in total. The molecule has 31 heavy (non-hydrogen) atoms. The topological polar surface area (TPSA) is 67.9 Å².